The zero-order chi connectivity index (χ0) is 16.4. The van der Waals surface area contributed by atoms with Crippen molar-refractivity contribution in [2.75, 3.05) is 0 Å². The molecule has 6 heteroatoms. The monoisotopic (exact) mass is 352 g/mol. The Balaban J connectivity index is 1.69. The number of carbonyl (C=O) groups is 2. The number of amides is 3. The molecule has 0 aromatic heterocycles. The van der Waals surface area contributed by atoms with Crippen LogP contribution in [0.5, 0.6) is 0 Å². The highest BCUT2D eigenvalue weighted by atomic mass is 35.5. The molecule has 0 radical (unpaired) electrons. The SMILES string of the molecule is C[C@H]1C(c2ccc(Cl)cc2)SC(=O)N1C(=O)NC1CCCCC1. The summed E-state index contributed by atoms with van der Waals surface area (Å²) in [5.74, 6) is 0. The molecule has 1 saturated carbocycles. The average molecular weight is 353 g/mol. The summed E-state index contributed by atoms with van der Waals surface area (Å²) in [5, 5.41) is 3.48. The Labute approximate surface area is 145 Å². The number of benzene rings is 1. The number of nitrogens with one attached hydrogen (secondary N) is 1. The summed E-state index contributed by atoms with van der Waals surface area (Å²) < 4.78 is 0. The number of imide groups is 1. The molecular formula is C17H21ClN2O2S. The second-order valence-electron chi connectivity index (χ2n) is 6.25. The first-order valence-electron chi connectivity index (χ1n) is 8.12. The number of urea groups is 1. The summed E-state index contributed by atoms with van der Waals surface area (Å²) in [6.07, 6.45) is 5.55. The molecule has 1 unspecified atom stereocenters. The van der Waals surface area contributed by atoms with Gasteiger partial charge in [0.2, 0.25) is 0 Å². The van der Waals surface area contributed by atoms with Gasteiger partial charge in [0.1, 0.15) is 0 Å². The maximum absolute atomic E-state index is 12.5. The molecule has 1 aliphatic heterocycles. The molecule has 2 aliphatic rings. The van der Waals surface area contributed by atoms with Crippen molar-refractivity contribution in [1.29, 1.82) is 0 Å². The molecule has 1 aliphatic carbocycles. The Bertz CT molecular complexity index is 587. The topological polar surface area (TPSA) is 49.4 Å². The van der Waals surface area contributed by atoms with Gasteiger partial charge in [0, 0.05) is 11.1 Å². The minimum Gasteiger partial charge on any atom is -0.335 e. The molecule has 1 saturated heterocycles. The summed E-state index contributed by atoms with van der Waals surface area (Å²) in [6, 6.07) is 7.27. The van der Waals surface area contributed by atoms with E-state index in [-0.39, 0.29) is 28.6 Å². The molecule has 0 bridgehead atoms. The lowest BCUT2D eigenvalue weighted by Gasteiger charge is -2.27. The van der Waals surface area contributed by atoms with E-state index in [1.807, 2.05) is 31.2 Å². The van der Waals surface area contributed by atoms with Crippen molar-refractivity contribution in [3.05, 3.63) is 34.9 Å². The number of nitrogens with zero attached hydrogens (tertiary/aromatic N) is 1. The molecular weight excluding hydrogens is 332 g/mol. The minimum atomic E-state index is -0.252. The van der Waals surface area contributed by atoms with Crippen LogP contribution in [-0.4, -0.2) is 28.3 Å². The van der Waals surface area contributed by atoms with Crippen LogP contribution >= 0.6 is 23.4 Å². The zero-order valence-electron chi connectivity index (χ0n) is 13.1. The van der Waals surface area contributed by atoms with Crippen molar-refractivity contribution in [3.63, 3.8) is 0 Å². The van der Waals surface area contributed by atoms with Crippen molar-refractivity contribution < 1.29 is 9.59 Å². The Morgan fingerprint density at radius 1 is 1.22 bits per heavy atom. The van der Waals surface area contributed by atoms with E-state index in [0.717, 1.165) is 31.2 Å². The van der Waals surface area contributed by atoms with Crippen LogP contribution in [-0.2, 0) is 0 Å². The predicted octanol–water partition coefficient (Wildman–Crippen LogP) is 4.98. The third-order valence-electron chi connectivity index (χ3n) is 4.62. The fourth-order valence-corrected chi connectivity index (χ4v) is 4.64. The average Bonchev–Trinajstić information content (AvgIpc) is 2.84. The van der Waals surface area contributed by atoms with E-state index in [1.165, 1.54) is 23.1 Å². The van der Waals surface area contributed by atoms with Gasteiger partial charge in [-0.2, -0.15) is 0 Å². The standard InChI is InChI=1S/C17H21ClN2O2S/c1-11-15(12-7-9-13(18)10-8-12)23-17(22)20(11)16(21)19-14-5-3-2-4-6-14/h7-11,14-15H,2-6H2,1H3,(H,19,21)/t11-,15?/m0/s1. The molecule has 23 heavy (non-hydrogen) atoms. The predicted molar refractivity (Wildman–Crippen MR) is 93.9 cm³/mol. The van der Waals surface area contributed by atoms with Crippen LogP contribution < -0.4 is 5.32 Å². The largest absolute Gasteiger partial charge is 0.335 e. The Hall–Kier alpha value is -1.20. The molecule has 4 nitrogen and oxygen atoms in total. The zero-order valence-corrected chi connectivity index (χ0v) is 14.7. The normalized spacial score (nSPS) is 25.7. The van der Waals surface area contributed by atoms with Crippen molar-refractivity contribution in [2.24, 2.45) is 0 Å². The van der Waals surface area contributed by atoms with E-state index < -0.39 is 0 Å². The number of hydrogen-bond acceptors (Lipinski definition) is 3. The highest BCUT2D eigenvalue weighted by molar-refractivity contribution is 8.14. The molecule has 3 rings (SSSR count). The van der Waals surface area contributed by atoms with Crippen LogP contribution in [0.25, 0.3) is 0 Å². The number of hydrogen-bond donors (Lipinski definition) is 1. The van der Waals surface area contributed by atoms with Crippen molar-refractivity contribution in [3.8, 4) is 0 Å². The Morgan fingerprint density at radius 2 is 1.87 bits per heavy atom. The van der Waals surface area contributed by atoms with Crippen molar-refractivity contribution >= 4 is 34.6 Å². The number of thioether (sulfide) groups is 1. The van der Waals surface area contributed by atoms with E-state index in [1.54, 1.807) is 0 Å². The van der Waals surface area contributed by atoms with Gasteiger partial charge in [0.15, 0.2) is 0 Å². The fraction of sp³-hybridized carbons (Fsp3) is 0.529. The Kier molecular flexibility index (Phi) is 5.17. The lowest BCUT2D eigenvalue weighted by atomic mass is 9.96. The quantitative estimate of drug-likeness (QED) is 0.816. The second-order valence-corrected chi connectivity index (χ2v) is 7.78. The number of halogens is 1. The highest BCUT2D eigenvalue weighted by Crippen LogP contribution is 2.43. The molecule has 1 heterocycles. The third-order valence-corrected chi connectivity index (χ3v) is 6.19. The van der Waals surface area contributed by atoms with Gasteiger partial charge in [-0.05, 0) is 37.5 Å². The van der Waals surface area contributed by atoms with Crippen LogP contribution in [0.3, 0.4) is 0 Å². The van der Waals surface area contributed by atoms with Crippen molar-refractivity contribution in [1.82, 2.24) is 10.2 Å². The van der Waals surface area contributed by atoms with Crippen LogP contribution in [0.4, 0.5) is 9.59 Å². The summed E-state index contributed by atoms with van der Waals surface area (Å²) in [6.45, 7) is 1.93. The van der Waals surface area contributed by atoms with E-state index in [9.17, 15) is 9.59 Å². The maximum Gasteiger partial charge on any atom is 0.325 e. The lowest BCUT2D eigenvalue weighted by Crippen LogP contribution is -2.48. The number of carbonyl (C=O) groups excluding carboxylic acids is 2. The van der Waals surface area contributed by atoms with Gasteiger partial charge in [0.25, 0.3) is 5.24 Å². The van der Waals surface area contributed by atoms with Gasteiger partial charge < -0.3 is 5.32 Å². The molecule has 3 amide bonds. The first kappa shape index (κ1) is 16.7. The highest BCUT2D eigenvalue weighted by Gasteiger charge is 2.42. The minimum absolute atomic E-state index is 0.0446. The van der Waals surface area contributed by atoms with Crippen molar-refractivity contribution in [2.45, 2.75) is 56.4 Å². The van der Waals surface area contributed by atoms with E-state index in [4.69, 9.17) is 11.6 Å². The van der Waals surface area contributed by atoms with Crippen LogP contribution in [0.1, 0.15) is 49.8 Å². The molecule has 1 aromatic rings. The summed E-state index contributed by atoms with van der Waals surface area (Å²) >= 11 is 7.14. The summed E-state index contributed by atoms with van der Waals surface area (Å²) in [5.41, 5.74) is 1.02. The first-order valence-corrected chi connectivity index (χ1v) is 9.38. The van der Waals surface area contributed by atoms with Gasteiger partial charge in [-0.15, -0.1) is 0 Å². The fourth-order valence-electron chi connectivity index (χ4n) is 3.32. The molecule has 0 spiro atoms. The summed E-state index contributed by atoms with van der Waals surface area (Å²) in [4.78, 5) is 26.2. The second kappa shape index (κ2) is 7.14. The van der Waals surface area contributed by atoms with Gasteiger partial charge >= 0.3 is 6.03 Å². The van der Waals surface area contributed by atoms with E-state index >= 15 is 0 Å². The molecule has 2 atom stereocenters. The van der Waals surface area contributed by atoms with E-state index in [0.29, 0.717) is 5.02 Å². The third kappa shape index (κ3) is 3.66. The molecule has 1 aromatic carbocycles. The smallest absolute Gasteiger partial charge is 0.325 e. The lowest BCUT2D eigenvalue weighted by molar-refractivity contribution is 0.184. The Morgan fingerprint density at radius 3 is 2.52 bits per heavy atom. The molecule has 2 fully saturated rings. The molecule has 124 valence electrons. The van der Waals surface area contributed by atoms with Crippen LogP contribution in [0, 0.1) is 0 Å². The first-order chi connectivity index (χ1) is 11.1. The van der Waals surface area contributed by atoms with Gasteiger partial charge in [-0.1, -0.05) is 54.8 Å². The van der Waals surface area contributed by atoms with Gasteiger partial charge in [-0.25, -0.2) is 4.79 Å². The van der Waals surface area contributed by atoms with Crippen LogP contribution in [0.15, 0.2) is 24.3 Å². The maximum atomic E-state index is 12.5. The molecule has 1 N–H and O–H groups in total. The summed E-state index contributed by atoms with van der Waals surface area (Å²) in [7, 11) is 0. The number of rotatable bonds is 2. The van der Waals surface area contributed by atoms with Crippen LogP contribution in [0.2, 0.25) is 5.02 Å². The van der Waals surface area contributed by atoms with E-state index in [2.05, 4.69) is 5.32 Å². The van der Waals surface area contributed by atoms with Gasteiger partial charge in [-0.3, -0.25) is 9.69 Å². The van der Waals surface area contributed by atoms with Gasteiger partial charge in [0.05, 0.1) is 11.3 Å².